The molecule has 0 N–H and O–H groups in total. The van der Waals surface area contributed by atoms with Gasteiger partial charge in [-0.3, -0.25) is 10.9 Å². The summed E-state index contributed by atoms with van der Waals surface area (Å²) in [6.07, 6.45) is 17.1. The summed E-state index contributed by atoms with van der Waals surface area (Å²) >= 11 is 2.11. The number of carbonyl (C=O) groups excluding carboxylic acids is 1. The summed E-state index contributed by atoms with van der Waals surface area (Å²) in [4.78, 5) is 11.7. The summed E-state index contributed by atoms with van der Waals surface area (Å²) < 4.78 is 36.6. The molecular formula is C36H58F3KOS-2. The Morgan fingerprint density at radius 3 is 2.38 bits per heavy atom. The topological polar surface area (TPSA) is 17.1 Å². The van der Waals surface area contributed by atoms with Crippen molar-refractivity contribution in [1.29, 1.82) is 0 Å². The summed E-state index contributed by atoms with van der Waals surface area (Å²) in [5.41, 5.74) is 0.360. The van der Waals surface area contributed by atoms with Crippen LogP contribution >= 0.6 is 11.8 Å². The molecule has 0 amide bonds. The monoisotopic (exact) mass is 634 g/mol. The van der Waals surface area contributed by atoms with Crippen molar-refractivity contribution < 1.29 is 69.4 Å². The van der Waals surface area contributed by atoms with E-state index in [1.54, 1.807) is 13.0 Å². The van der Waals surface area contributed by atoms with E-state index in [-0.39, 0.29) is 56.8 Å². The Labute approximate surface area is 304 Å². The molecule has 3 fully saturated rings. The van der Waals surface area contributed by atoms with E-state index >= 15 is 0 Å². The number of halogens is 3. The van der Waals surface area contributed by atoms with E-state index in [1.165, 1.54) is 62.9 Å². The first-order chi connectivity index (χ1) is 19.3. The van der Waals surface area contributed by atoms with Crippen molar-refractivity contribution in [2.24, 2.45) is 35.0 Å². The van der Waals surface area contributed by atoms with Gasteiger partial charge in [-0.1, -0.05) is 60.0 Å². The molecular weight excluding hydrogens is 577 g/mol. The minimum absolute atomic E-state index is 0. The molecule has 2 saturated carbocycles. The zero-order valence-electron chi connectivity index (χ0n) is 28.0. The van der Waals surface area contributed by atoms with E-state index in [1.807, 2.05) is 6.92 Å². The molecule has 6 heteroatoms. The Hall–Kier alpha value is 0.666. The molecule has 1 heterocycles. The van der Waals surface area contributed by atoms with Gasteiger partial charge in [0, 0.05) is 5.41 Å². The van der Waals surface area contributed by atoms with Gasteiger partial charge in [0.05, 0.1) is 0 Å². The fraction of sp³-hybridized carbons (Fsp3) is 0.750. The number of ketones is 1. The molecule has 0 bridgehead atoms. The van der Waals surface area contributed by atoms with Crippen LogP contribution in [-0.2, 0) is 4.79 Å². The largest absolute Gasteiger partial charge is 1.00 e. The Morgan fingerprint density at radius 1 is 1.24 bits per heavy atom. The van der Waals surface area contributed by atoms with Gasteiger partial charge in [-0.05, 0) is 87.0 Å². The predicted molar refractivity (Wildman–Crippen MR) is 172 cm³/mol. The van der Waals surface area contributed by atoms with Crippen molar-refractivity contribution >= 4 is 17.5 Å². The average molecular weight is 635 g/mol. The van der Waals surface area contributed by atoms with Crippen molar-refractivity contribution in [3.8, 4) is 0 Å². The molecule has 0 radical (unpaired) electrons. The molecule has 238 valence electrons. The number of allylic oxidation sites excluding steroid dienone is 6. The van der Waals surface area contributed by atoms with Crippen LogP contribution in [0.2, 0.25) is 0 Å². The van der Waals surface area contributed by atoms with E-state index in [9.17, 15) is 18.0 Å². The molecule has 4 rings (SSSR count). The summed E-state index contributed by atoms with van der Waals surface area (Å²) in [6.45, 7) is 18.7. The number of hydrogen-bond acceptors (Lipinski definition) is 2. The van der Waals surface area contributed by atoms with E-state index < -0.39 is 11.7 Å². The van der Waals surface area contributed by atoms with Crippen molar-refractivity contribution in [3.63, 3.8) is 0 Å². The van der Waals surface area contributed by atoms with Crippen LogP contribution in [0.1, 0.15) is 119 Å². The fourth-order valence-electron chi connectivity index (χ4n) is 6.12. The molecule has 0 aromatic heterocycles. The number of rotatable bonds is 5. The summed E-state index contributed by atoms with van der Waals surface area (Å²) in [7, 11) is 0. The number of unbranched alkanes of at least 4 members (excludes halogenated alkanes) is 1. The Kier molecular flexibility index (Phi) is 22.6. The van der Waals surface area contributed by atoms with Crippen LogP contribution in [0.3, 0.4) is 0 Å². The number of Topliss-reactive ketones (excluding diaryl/α,β-unsaturated/α-hetero) is 1. The second-order valence-electron chi connectivity index (χ2n) is 12.8. The first-order valence-electron chi connectivity index (χ1n) is 16.0. The SMILES string of the molecule is CC1=[C-]/C=C(C(F)(F)F)\C=C/CC1.CC1CCSC[C@@H]1C.CCC1CC2CCCC2(C(C)=O)C1.[CH2-]C(C)C[CH-]CC.[K+]. The van der Waals surface area contributed by atoms with Gasteiger partial charge in [-0.25, -0.2) is 12.5 Å². The van der Waals surface area contributed by atoms with Gasteiger partial charge in [0.25, 0.3) is 0 Å². The average Bonchev–Trinajstić information content (AvgIpc) is 3.46. The van der Waals surface area contributed by atoms with Crippen LogP contribution in [0.4, 0.5) is 13.2 Å². The van der Waals surface area contributed by atoms with E-state index in [4.69, 9.17) is 0 Å². The standard InChI is InChI=1S/C12H20O.C10H10F3.C7H14S.C7H14.K/c1-3-10-7-11-5-4-6-12(11,8-10)9(2)13;1-8-4-2-3-5-9(7-6-8)10(11,12)13;1-6-3-4-8-5-7(6)2;1-4-5-6-7(2)3;/h10-11H,3-8H2,1-2H3;3,5,7H,2,4H2,1H3;6-7H,3-5H2,1-2H3;5,7H,2,4,6H2,1,3H3;/q;-1;;-2;+1/b;5-3-,9-7+;;;/t;;6?,7-;;/m..0../s1. The predicted octanol–water partition coefficient (Wildman–Crippen LogP) is 8.62. The van der Waals surface area contributed by atoms with Crippen molar-refractivity contribution in [2.75, 3.05) is 11.5 Å². The van der Waals surface area contributed by atoms with Gasteiger partial charge in [-0.2, -0.15) is 42.8 Å². The Morgan fingerprint density at radius 2 is 1.93 bits per heavy atom. The zero-order valence-corrected chi connectivity index (χ0v) is 32.0. The van der Waals surface area contributed by atoms with Gasteiger partial charge in [0.2, 0.25) is 0 Å². The smallest absolute Gasteiger partial charge is 0.343 e. The first-order valence-corrected chi connectivity index (χ1v) is 17.2. The number of fused-ring (bicyclic) bond motifs is 1. The number of alkyl halides is 3. The molecule has 5 unspecified atom stereocenters. The Bertz CT molecular complexity index is 837. The third-order valence-electron chi connectivity index (χ3n) is 9.22. The summed E-state index contributed by atoms with van der Waals surface area (Å²) in [6, 6.07) is 0. The fourth-order valence-corrected chi connectivity index (χ4v) is 7.53. The molecule has 1 nitrogen and oxygen atoms in total. The molecule has 42 heavy (non-hydrogen) atoms. The van der Waals surface area contributed by atoms with Gasteiger partial charge in [-0.15, -0.1) is 12.2 Å². The van der Waals surface area contributed by atoms with Gasteiger partial charge < -0.3 is 13.3 Å². The van der Waals surface area contributed by atoms with E-state index in [0.717, 1.165) is 54.2 Å². The van der Waals surface area contributed by atoms with Gasteiger partial charge in [0.1, 0.15) is 5.78 Å². The van der Waals surface area contributed by atoms with Crippen LogP contribution < -0.4 is 51.4 Å². The number of hydrogen-bond donors (Lipinski definition) is 0. The van der Waals surface area contributed by atoms with Gasteiger partial charge in [0.15, 0.2) is 0 Å². The number of carbonyl (C=O) groups is 1. The molecule has 4 aliphatic rings. The molecule has 1 aliphatic heterocycles. The molecule has 6 atom stereocenters. The van der Waals surface area contributed by atoms with Crippen LogP contribution in [0.5, 0.6) is 0 Å². The molecule has 0 aromatic carbocycles. The molecule has 0 aromatic rings. The summed E-state index contributed by atoms with van der Waals surface area (Å²) in [5.74, 6) is 7.40. The van der Waals surface area contributed by atoms with Crippen molar-refractivity contribution in [3.05, 3.63) is 48.8 Å². The first kappa shape index (κ1) is 42.7. The van der Waals surface area contributed by atoms with Crippen LogP contribution in [-0.4, -0.2) is 23.5 Å². The quantitative estimate of drug-likeness (QED) is 0.223. The van der Waals surface area contributed by atoms with Crippen LogP contribution in [0.15, 0.2) is 29.4 Å². The van der Waals surface area contributed by atoms with E-state index in [2.05, 4.69) is 65.8 Å². The Balaban J connectivity index is 0.000000548. The number of thioether (sulfide) groups is 1. The van der Waals surface area contributed by atoms with Gasteiger partial charge >= 0.3 is 57.6 Å². The maximum Gasteiger partial charge on any atom is 1.00 e. The molecule has 3 aliphatic carbocycles. The van der Waals surface area contributed by atoms with Crippen molar-refractivity contribution in [1.82, 2.24) is 0 Å². The van der Waals surface area contributed by atoms with Crippen LogP contribution in [0.25, 0.3) is 0 Å². The minimum atomic E-state index is -4.26. The third-order valence-corrected chi connectivity index (χ3v) is 10.5. The molecule has 0 spiro atoms. The maximum absolute atomic E-state index is 12.2. The second kappa shape index (κ2) is 22.2. The maximum atomic E-state index is 12.2. The minimum Gasteiger partial charge on any atom is -0.343 e. The molecule has 1 saturated heterocycles. The third kappa shape index (κ3) is 15.8. The second-order valence-corrected chi connectivity index (χ2v) is 14.0. The van der Waals surface area contributed by atoms with Crippen LogP contribution in [0, 0.1) is 54.4 Å². The van der Waals surface area contributed by atoms with E-state index in [0.29, 0.717) is 18.1 Å². The summed E-state index contributed by atoms with van der Waals surface area (Å²) in [5, 5.41) is 0. The zero-order chi connectivity index (χ0) is 31.1. The normalized spacial score (nSPS) is 31.2. The van der Waals surface area contributed by atoms with Crippen molar-refractivity contribution in [2.45, 2.75) is 125 Å².